The van der Waals surface area contributed by atoms with Crippen molar-refractivity contribution in [3.63, 3.8) is 0 Å². The van der Waals surface area contributed by atoms with Crippen LogP contribution in [0.1, 0.15) is 26.5 Å². The van der Waals surface area contributed by atoms with Crippen LogP contribution in [0.4, 0.5) is 5.69 Å². The van der Waals surface area contributed by atoms with E-state index in [-0.39, 0.29) is 11.5 Å². The first kappa shape index (κ1) is 18.5. The van der Waals surface area contributed by atoms with Crippen molar-refractivity contribution < 1.29 is 14.0 Å². The summed E-state index contributed by atoms with van der Waals surface area (Å²) in [6.45, 7) is 1.96. The lowest BCUT2D eigenvalue weighted by atomic mass is 10.0. The molecule has 1 amide bonds. The van der Waals surface area contributed by atoms with Crippen LogP contribution in [0, 0.1) is 6.92 Å². The fourth-order valence-electron chi connectivity index (χ4n) is 3.17. The van der Waals surface area contributed by atoms with Gasteiger partial charge < -0.3 is 15.1 Å². The highest BCUT2D eigenvalue weighted by Gasteiger charge is 2.24. The number of hydrogen-bond donors (Lipinski definition) is 2. The second kappa shape index (κ2) is 8.02. The molecule has 0 aliphatic rings. The van der Waals surface area contributed by atoms with Gasteiger partial charge >= 0.3 is 0 Å². The quantitative estimate of drug-likeness (QED) is 0.370. The first-order chi connectivity index (χ1) is 14.1. The van der Waals surface area contributed by atoms with Crippen LogP contribution in [-0.2, 0) is 0 Å². The van der Waals surface area contributed by atoms with Crippen LogP contribution in [0.2, 0.25) is 0 Å². The minimum absolute atomic E-state index is 0.145. The molecule has 0 fully saturated rings. The number of ketones is 1. The van der Waals surface area contributed by atoms with Gasteiger partial charge in [0.1, 0.15) is 0 Å². The van der Waals surface area contributed by atoms with Crippen molar-refractivity contribution in [3.8, 4) is 0 Å². The average molecular weight is 384 g/mol. The van der Waals surface area contributed by atoms with Crippen molar-refractivity contribution in [3.05, 3.63) is 102 Å². The van der Waals surface area contributed by atoms with Gasteiger partial charge in [0.2, 0.25) is 5.78 Å². The van der Waals surface area contributed by atoms with Gasteiger partial charge in [-0.1, -0.05) is 66.2 Å². The molecule has 144 valence electrons. The number of carbonyl (C=O) groups excluding carboxylic acids is 2. The van der Waals surface area contributed by atoms with E-state index in [9.17, 15) is 9.59 Å². The summed E-state index contributed by atoms with van der Waals surface area (Å²) in [5, 5.41) is 7.96. The number of carbonyl (C=O) groups is 2. The van der Waals surface area contributed by atoms with Gasteiger partial charge in [-0.3, -0.25) is 9.59 Å². The number of aryl methyl sites for hydroxylation is 1. The lowest BCUT2D eigenvalue weighted by Crippen LogP contribution is -2.46. The number of nitrogens with one attached hydrogen (secondary N) is 2. The fourth-order valence-corrected chi connectivity index (χ4v) is 3.17. The van der Waals surface area contributed by atoms with Gasteiger partial charge in [-0.25, -0.2) is 0 Å². The maximum atomic E-state index is 13.2. The highest BCUT2D eigenvalue weighted by molar-refractivity contribution is 6.06. The van der Waals surface area contributed by atoms with Crippen LogP contribution in [0.25, 0.3) is 10.8 Å². The molecule has 1 atom stereocenters. The summed E-state index contributed by atoms with van der Waals surface area (Å²) in [6, 6.07) is 24.1. The first-order valence-corrected chi connectivity index (χ1v) is 9.31. The zero-order valence-corrected chi connectivity index (χ0v) is 15.9. The van der Waals surface area contributed by atoms with Gasteiger partial charge in [0.05, 0.1) is 6.26 Å². The van der Waals surface area contributed by atoms with Crippen molar-refractivity contribution in [2.45, 2.75) is 13.1 Å². The number of furan rings is 1. The number of fused-ring (bicyclic) bond motifs is 1. The summed E-state index contributed by atoms with van der Waals surface area (Å²) < 4.78 is 5.17. The Morgan fingerprint density at radius 3 is 2.38 bits per heavy atom. The van der Waals surface area contributed by atoms with Crippen molar-refractivity contribution >= 4 is 28.2 Å². The Morgan fingerprint density at radius 1 is 0.862 bits per heavy atom. The molecule has 4 aromatic rings. The Balaban J connectivity index is 1.68. The Morgan fingerprint density at radius 2 is 1.62 bits per heavy atom. The van der Waals surface area contributed by atoms with E-state index in [1.54, 1.807) is 24.3 Å². The molecule has 4 rings (SSSR count). The summed E-state index contributed by atoms with van der Waals surface area (Å²) in [4.78, 5) is 25.8. The van der Waals surface area contributed by atoms with Crippen molar-refractivity contribution in [1.29, 1.82) is 0 Å². The topological polar surface area (TPSA) is 71.3 Å². The Labute approximate surface area is 168 Å². The molecule has 0 unspecified atom stereocenters. The molecule has 0 saturated heterocycles. The van der Waals surface area contributed by atoms with Gasteiger partial charge in [0, 0.05) is 16.6 Å². The monoisotopic (exact) mass is 384 g/mol. The third-order valence-electron chi connectivity index (χ3n) is 4.71. The average Bonchev–Trinajstić information content (AvgIpc) is 3.29. The summed E-state index contributed by atoms with van der Waals surface area (Å²) in [5.41, 5.74) is 2.32. The van der Waals surface area contributed by atoms with E-state index in [0.29, 0.717) is 5.56 Å². The molecule has 1 aromatic heterocycles. The predicted octanol–water partition coefficient (Wildman–Crippen LogP) is 4.79. The van der Waals surface area contributed by atoms with E-state index in [1.165, 1.54) is 6.26 Å². The zero-order valence-electron chi connectivity index (χ0n) is 15.9. The van der Waals surface area contributed by atoms with Gasteiger partial charge in [-0.05, 0) is 30.5 Å². The molecular weight excluding hydrogens is 364 g/mol. The van der Waals surface area contributed by atoms with Gasteiger partial charge in [-0.2, -0.15) is 0 Å². The molecular formula is C24H20N2O3. The Kier molecular flexibility index (Phi) is 5.12. The lowest BCUT2D eigenvalue weighted by Gasteiger charge is -2.21. The van der Waals surface area contributed by atoms with E-state index < -0.39 is 12.1 Å². The second-order valence-electron chi connectivity index (χ2n) is 6.79. The second-order valence-corrected chi connectivity index (χ2v) is 6.79. The number of hydrogen-bond acceptors (Lipinski definition) is 4. The van der Waals surface area contributed by atoms with Crippen LogP contribution in [0.15, 0.2) is 89.5 Å². The number of amides is 1. The minimum Gasteiger partial charge on any atom is -0.459 e. The third-order valence-corrected chi connectivity index (χ3v) is 4.71. The molecule has 1 heterocycles. The van der Waals surface area contributed by atoms with Gasteiger partial charge in [0.25, 0.3) is 5.91 Å². The highest BCUT2D eigenvalue weighted by atomic mass is 16.3. The van der Waals surface area contributed by atoms with E-state index in [0.717, 1.165) is 22.0 Å². The standard InChI is InChI=1S/C24H20N2O3/c1-16-11-13-18(14-12-16)22(27)23(26-24(28)21-10-5-15-29-21)25-20-9-4-7-17-6-2-3-8-19(17)20/h2-15,23,25H,1H3,(H,26,28)/t23-/m0/s1. The van der Waals surface area contributed by atoms with Crippen LogP contribution in [-0.4, -0.2) is 17.9 Å². The van der Waals surface area contributed by atoms with Crippen LogP contribution in [0.5, 0.6) is 0 Å². The van der Waals surface area contributed by atoms with Crippen LogP contribution < -0.4 is 10.6 Å². The molecule has 0 bridgehead atoms. The number of benzene rings is 3. The molecule has 29 heavy (non-hydrogen) atoms. The van der Waals surface area contributed by atoms with E-state index in [4.69, 9.17) is 4.42 Å². The van der Waals surface area contributed by atoms with Gasteiger partial charge in [-0.15, -0.1) is 0 Å². The molecule has 5 nitrogen and oxygen atoms in total. The van der Waals surface area contributed by atoms with E-state index in [1.807, 2.05) is 61.5 Å². The first-order valence-electron chi connectivity index (χ1n) is 9.31. The maximum absolute atomic E-state index is 13.2. The summed E-state index contributed by atoms with van der Waals surface area (Å²) in [7, 11) is 0. The van der Waals surface area contributed by atoms with Crippen molar-refractivity contribution in [2.24, 2.45) is 0 Å². The van der Waals surface area contributed by atoms with E-state index in [2.05, 4.69) is 10.6 Å². The lowest BCUT2D eigenvalue weighted by molar-refractivity contribution is 0.0853. The van der Waals surface area contributed by atoms with Crippen LogP contribution >= 0.6 is 0 Å². The van der Waals surface area contributed by atoms with Crippen molar-refractivity contribution in [2.75, 3.05) is 5.32 Å². The molecule has 0 aliphatic heterocycles. The largest absolute Gasteiger partial charge is 0.459 e. The van der Waals surface area contributed by atoms with Crippen LogP contribution in [0.3, 0.4) is 0 Å². The third kappa shape index (κ3) is 4.04. The minimum atomic E-state index is -0.957. The number of Topliss-reactive ketones (excluding diaryl/α,β-unsaturated/α-hetero) is 1. The normalized spacial score (nSPS) is 11.8. The SMILES string of the molecule is Cc1ccc(C(=O)[C@H](NC(=O)c2ccco2)Nc2cccc3ccccc23)cc1. The van der Waals surface area contributed by atoms with E-state index >= 15 is 0 Å². The molecule has 0 radical (unpaired) electrons. The summed E-state index contributed by atoms with van der Waals surface area (Å²) in [5.74, 6) is -0.558. The predicted molar refractivity (Wildman–Crippen MR) is 113 cm³/mol. The highest BCUT2D eigenvalue weighted by Crippen LogP contribution is 2.24. The fraction of sp³-hybridized carbons (Fsp3) is 0.0833. The number of rotatable bonds is 6. The Bertz CT molecular complexity index is 1140. The zero-order chi connectivity index (χ0) is 20.2. The molecule has 0 saturated carbocycles. The Hall–Kier alpha value is -3.86. The smallest absolute Gasteiger partial charge is 0.288 e. The maximum Gasteiger partial charge on any atom is 0.288 e. The molecule has 3 aromatic carbocycles. The molecule has 2 N–H and O–H groups in total. The summed E-state index contributed by atoms with van der Waals surface area (Å²) in [6.07, 6.45) is 0.463. The van der Waals surface area contributed by atoms with Crippen molar-refractivity contribution in [1.82, 2.24) is 5.32 Å². The molecule has 0 aliphatic carbocycles. The van der Waals surface area contributed by atoms with Gasteiger partial charge in [0.15, 0.2) is 11.9 Å². The summed E-state index contributed by atoms with van der Waals surface area (Å²) >= 11 is 0. The molecule has 0 spiro atoms. The number of anilines is 1. The molecule has 5 heteroatoms.